The molecule has 0 spiro atoms. The highest BCUT2D eigenvalue weighted by Gasteiger charge is 2.14. The number of rotatable bonds is 4. The summed E-state index contributed by atoms with van der Waals surface area (Å²) in [4.78, 5) is 8.26. The Morgan fingerprint density at radius 3 is 2.42 bits per heavy atom. The third-order valence-electron chi connectivity index (χ3n) is 2.43. The van der Waals surface area contributed by atoms with Crippen LogP contribution in [0.15, 0.2) is 35.5 Å². The highest BCUT2D eigenvalue weighted by atomic mass is 35.5. The number of benzene rings is 1. The van der Waals surface area contributed by atoms with Crippen molar-refractivity contribution in [3.8, 4) is 0 Å². The van der Waals surface area contributed by atoms with Crippen LogP contribution in [-0.2, 0) is 0 Å². The molecule has 0 saturated heterocycles. The number of hydrogen-bond donors (Lipinski definition) is 3. The van der Waals surface area contributed by atoms with Gasteiger partial charge in [0, 0.05) is 22.9 Å². The Morgan fingerprint density at radius 1 is 1.16 bits per heavy atom. The van der Waals surface area contributed by atoms with Crippen molar-refractivity contribution in [2.45, 2.75) is 10.4 Å². The summed E-state index contributed by atoms with van der Waals surface area (Å²) in [6.45, 7) is 0.434. The number of hydrogen-bond acceptors (Lipinski definition) is 6. The average molecular weight is 296 g/mol. The summed E-state index contributed by atoms with van der Waals surface area (Å²) in [6.07, 6.45) is 0. The van der Waals surface area contributed by atoms with E-state index in [0.717, 1.165) is 5.56 Å². The maximum Gasteiger partial charge on any atom is 0.192 e. The zero-order valence-corrected chi connectivity index (χ0v) is 11.7. The van der Waals surface area contributed by atoms with Gasteiger partial charge in [0.1, 0.15) is 11.6 Å². The summed E-state index contributed by atoms with van der Waals surface area (Å²) in [5, 5.41) is 1.18. The Balaban J connectivity index is 2.23. The third kappa shape index (κ3) is 3.73. The summed E-state index contributed by atoms with van der Waals surface area (Å²) in [5.74, 6) is 0.689. The molecule has 0 radical (unpaired) electrons. The minimum atomic E-state index is -0.0000926. The smallest absolute Gasteiger partial charge is 0.192 e. The molecule has 6 N–H and O–H groups in total. The van der Waals surface area contributed by atoms with Gasteiger partial charge in [0.15, 0.2) is 5.16 Å². The normalized spacial score (nSPS) is 12.3. The summed E-state index contributed by atoms with van der Waals surface area (Å²) >= 11 is 7.39. The van der Waals surface area contributed by atoms with Crippen molar-refractivity contribution >= 4 is 35.0 Å². The SMILES string of the molecule is NCC(Sc1nc(N)cc(N)n1)c1cccc(Cl)c1. The number of nitrogens with two attached hydrogens (primary N) is 3. The van der Waals surface area contributed by atoms with Gasteiger partial charge >= 0.3 is 0 Å². The zero-order chi connectivity index (χ0) is 13.8. The van der Waals surface area contributed by atoms with E-state index in [1.54, 1.807) is 0 Å². The molecule has 0 bridgehead atoms. The first kappa shape index (κ1) is 13.9. The molecular weight excluding hydrogens is 282 g/mol. The van der Waals surface area contributed by atoms with Gasteiger partial charge in [0.2, 0.25) is 0 Å². The predicted molar refractivity (Wildman–Crippen MR) is 80.0 cm³/mol. The summed E-state index contributed by atoms with van der Waals surface area (Å²) in [7, 11) is 0. The lowest BCUT2D eigenvalue weighted by atomic mass is 10.1. The largest absolute Gasteiger partial charge is 0.383 e. The van der Waals surface area contributed by atoms with Crippen molar-refractivity contribution in [3.05, 3.63) is 40.9 Å². The first-order chi connectivity index (χ1) is 9.08. The molecule has 1 atom stereocenters. The predicted octanol–water partition coefficient (Wildman–Crippen LogP) is 2.09. The summed E-state index contributed by atoms with van der Waals surface area (Å²) in [6, 6.07) is 9.06. The molecule has 2 aromatic rings. The maximum absolute atomic E-state index is 5.98. The van der Waals surface area contributed by atoms with Gasteiger partial charge in [-0.05, 0) is 17.7 Å². The lowest BCUT2D eigenvalue weighted by molar-refractivity contribution is 0.915. The number of aromatic nitrogens is 2. The number of halogens is 1. The van der Waals surface area contributed by atoms with E-state index in [4.69, 9.17) is 28.8 Å². The Morgan fingerprint density at radius 2 is 1.84 bits per heavy atom. The van der Waals surface area contributed by atoms with E-state index >= 15 is 0 Å². The van der Waals surface area contributed by atoms with E-state index in [1.165, 1.54) is 17.8 Å². The van der Waals surface area contributed by atoms with Crippen LogP contribution in [-0.4, -0.2) is 16.5 Å². The highest BCUT2D eigenvalue weighted by Crippen LogP contribution is 2.33. The lowest BCUT2D eigenvalue weighted by Gasteiger charge is -2.14. The minimum Gasteiger partial charge on any atom is -0.383 e. The van der Waals surface area contributed by atoms with Crippen LogP contribution < -0.4 is 17.2 Å². The van der Waals surface area contributed by atoms with Crippen LogP contribution in [0.2, 0.25) is 5.02 Å². The number of nitrogen functional groups attached to an aromatic ring is 2. The number of thioether (sulfide) groups is 1. The van der Waals surface area contributed by atoms with Crippen LogP contribution in [0, 0.1) is 0 Å². The maximum atomic E-state index is 5.98. The van der Waals surface area contributed by atoms with Gasteiger partial charge in [-0.3, -0.25) is 0 Å². The molecule has 0 aliphatic rings. The first-order valence-electron chi connectivity index (χ1n) is 5.60. The monoisotopic (exact) mass is 295 g/mol. The van der Waals surface area contributed by atoms with Crippen LogP contribution in [0.25, 0.3) is 0 Å². The number of anilines is 2. The Labute approximate surface area is 120 Å². The average Bonchev–Trinajstić information content (AvgIpc) is 2.34. The van der Waals surface area contributed by atoms with Crippen LogP contribution in [0.1, 0.15) is 10.8 Å². The molecule has 1 aromatic heterocycles. The molecule has 100 valence electrons. The minimum absolute atomic E-state index is 0.0000926. The van der Waals surface area contributed by atoms with Crippen molar-refractivity contribution in [3.63, 3.8) is 0 Å². The van der Waals surface area contributed by atoms with E-state index in [9.17, 15) is 0 Å². The van der Waals surface area contributed by atoms with Gasteiger partial charge in [0.05, 0.1) is 0 Å². The molecule has 19 heavy (non-hydrogen) atoms. The van der Waals surface area contributed by atoms with Gasteiger partial charge < -0.3 is 17.2 Å². The van der Waals surface area contributed by atoms with Crippen LogP contribution in [0.5, 0.6) is 0 Å². The van der Waals surface area contributed by atoms with Crippen molar-refractivity contribution in [2.24, 2.45) is 5.73 Å². The summed E-state index contributed by atoms with van der Waals surface area (Å²) in [5.41, 5.74) is 18.1. The first-order valence-corrected chi connectivity index (χ1v) is 6.86. The van der Waals surface area contributed by atoms with Gasteiger partial charge in [-0.25, -0.2) is 9.97 Å². The molecule has 0 aliphatic heterocycles. The van der Waals surface area contributed by atoms with Crippen molar-refractivity contribution in [1.82, 2.24) is 9.97 Å². The molecule has 5 nitrogen and oxygen atoms in total. The second kappa shape index (κ2) is 6.10. The fraction of sp³-hybridized carbons (Fsp3) is 0.167. The molecular formula is C12H14ClN5S. The van der Waals surface area contributed by atoms with Gasteiger partial charge in [-0.2, -0.15) is 0 Å². The second-order valence-corrected chi connectivity index (χ2v) is 5.50. The quantitative estimate of drug-likeness (QED) is 0.589. The zero-order valence-electron chi connectivity index (χ0n) is 10.1. The molecule has 2 rings (SSSR count). The Hall–Kier alpha value is -1.50. The Kier molecular flexibility index (Phi) is 4.47. The van der Waals surface area contributed by atoms with E-state index in [0.29, 0.717) is 28.4 Å². The molecule has 1 heterocycles. The third-order valence-corrected chi connectivity index (χ3v) is 3.81. The Bertz CT molecular complexity index is 558. The van der Waals surface area contributed by atoms with Gasteiger partial charge in [-0.1, -0.05) is 35.5 Å². The van der Waals surface area contributed by atoms with Crippen LogP contribution in [0.4, 0.5) is 11.6 Å². The molecule has 0 fully saturated rings. The molecule has 0 amide bonds. The van der Waals surface area contributed by atoms with Crippen LogP contribution in [0.3, 0.4) is 0 Å². The topological polar surface area (TPSA) is 104 Å². The van der Waals surface area contributed by atoms with Crippen molar-refractivity contribution in [2.75, 3.05) is 18.0 Å². The number of nitrogens with zero attached hydrogens (tertiary/aromatic N) is 2. The summed E-state index contributed by atoms with van der Waals surface area (Å²) < 4.78 is 0. The van der Waals surface area contributed by atoms with E-state index in [-0.39, 0.29) is 5.25 Å². The van der Waals surface area contributed by atoms with E-state index in [2.05, 4.69) is 9.97 Å². The second-order valence-electron chi connectivity index (χ2n) is 3.90. The van der Waals surface area contributed by atoms with Crippen LogP contribution >= 0.6 is 23.4 Å². The fourth-order valence-corrected chi connectivity index (χ4v) is 2.75. The van der Waals surface area contributed by atoms with Crippen molar-refractivity contribution < 1.29 is 0 Å². The molecule has 0 saturated carbocycles. The van der Waals surface area contributed by atoms with Crippen molar-refractivity contribution in [1.29, 1.82) is 0 Å². The molecule has 1 aromatic carbocycles. The standard InChI is InChI=1S/C12H14ClN5S/c13-8-3-1-2-7(4-8)9(6-14)19-12-17-10(15)5-11(16)18-12/h1-5,9H,6,14H2,(H4,15,16,17,18). The van der Waals surface area contributed by atoms with E-state index < -0.39 is 0 Å². The fourth-order valence-electron chi connectivity index (χ4n) is 1.60. The van der Waals surface area contributed by atoms with Gasteiger partial charge in [-0.15, -0.1) is 0 Å². The lowest BCUT2D eigenvalue weighted by Crippen LogP contribution is -2.10. The van der Waals surface area contributed by atoms with E-state index in [1.807, 2.05) is 24.3 Å². The molecule has 0 aliphatic carbocycles. The van der Waals surface area contributed by atoms with Gasteiger partial charge in [0.25, 0.3) is 0 Å². The molecule has 7 heteroatoms. The molecule has 1 unspecified atom stereocenters. The highest BCUT2D eigenvalue weighted by molar-refractivity contribution is 7.99.